The number of carbonyl (C=O) groups is 3. The van der Waals surface area contributed by atoms with Gasteiger partial charge in [0.25, 0.3) is 0 Å². The highest BCUT2D eigenvalue weighted by Gasteiger charge is 2.28. The molecule has 0 aliphatic heterocycles. The van der Waals surface area contributed by atoms with Gasteiger partial charge < -0.3 is 24.2 Å². The molecule has 0 heterocycles. The number of aliphatic hydroxyl groups is 1. The van der Waals surface area contributed by atoms with Gasteiger partial charge in [-0.05, 0) is 116 Å². The van der Waals surface area contributed by atoms with E-state index in [0.29, 0.717) is 19.3 Å². The van der Waals surface area contributed by atoms with Crippen molar-refractivity contribution in [2.45, 2.75) is 213 Å². The van der Waals surface area contributed by atoms with Gasteiger partial charge in [-0.15, -0.1) is 0 Å². The Labute approximate surface area is 449 Å². The summed E-state index contributed by atoms with van der Waals surface area (Å²) in [5, 5.41) is 9.78. The summed E-state index contributed by atoms with van der Waals surface area (Å²) in [5.41, 5.74) is 0. The van der Waals surface area contributed by atoms with E-state index < -0.39 is 57.8 Å². The topological polar surface area (TPSA) is 155 Å². The highest BCUT2D eigenvalue weighted by Crippen LogP contribution is 2.43. The number of allylic oxidation sites excluding steroid dienone is 21. The van der Waals surface area contributed by atoms with Crippen LogP contribution in [0.25, 0.3) is 0 Å². The van der Waals surface area contributed by atoms with Crippen LogP contribution in [0.3, 0.4) is 0 Å². The van der Waals surface area contributed by atoms with Gasteiger partial charge in [-0.2, -0.15) is 0 Å². The minimum absolute atomic E-state index is 0.0649. The first-order chi connectivity index (χ1) is 36.2. The molecule has 0 spiro atoms. The van der Waals surface area contributed by atoms with Crippen LogP contribution in [-0.2, 0) is 42.2 Å². The molecule has 0 saturated heterocycles. The molecule has 0 fully saturated rings. The van der Waals surface area contributed by atoms with Crippen LogP contribution in [0, 0.1) is 0 Å². The van der Waals surface area contributed by atoms with Crippen molar-refractivity contribution in [1.82, 2.24) is 0 Å². The van der Waals surface area contributed by atoms with E-state index in [1.807, 2.05) is 18.2 Å². The van der Waals surface area contributed by atoms with Gasteiger partial charge in [-0.3, -0.25) is 23.4 Å². The number of aliphatic hydroxyl groups excluding tert-OH is 1. The first-order valence-electron chi connectivity index (χ1n) is 28.1. The summed E-state index contributed by atoms with van der Waals surface area (Å²) in [5.74, 6) is -1.67. The molecule has 0 aromatic carbocycles. The lowest BCUT2D eigenvalue weighted by molar-refractivity contribution is -0.161. The molecule has 0 amide bonds. The van der Waals surface area contributed by atoms with Gasteiger partial charge in [-0.1, -0.05) is 199 Å². The largest absolute Gasteiger partial charge is 0.472 e. The normalized spacial score (nSPS) is 14.4. The molecule has 0 aromatic heterocycles. The molecule has 3 atom stereocenters. The van der Waals surface area contributed by atoms with E-state index in [0.717, 1.165) is 116 Å². The monoisotopic (exact) mass is 1050 g/mol. The van der Waals surface area contributed by atoms with Gasteiger partial charge in [0, 0.05) is 12.8 Å². The molecule has 418 valence electrons. The fourth-order valence-electron chi connectivity index (χ4n) is 6.86. The molecule has 0 radical (unpaired) electrons. The molecule has 74 heavy (non-hydrogen) atoms. The quantitative estimate of drug-likeness (QED) is 0.0197. The van der Waals surface area contributed by atoms with E-state index in [-0.39, 0.29) is 25.9 Å². The van der Waals surface area contributed by atoms with Crippen LogP contribution in [0.4, 0.5) is 0 Å². The van der Waals surface area contributed by atoms with Crippen LogP contribution >= 0.6 is 7.82 Å². The maximum Gasteiger partial charge on any atom is 0.472 e. The number of carbonyl (C=O) groups excluding carboxylic acids is 3. The van der Waals surface area contributed by atoms with E-state index in [2.05, 4.69) is 130 Å². The number of hydrogen-bond donors (Lipinski definition) is 2. The third-order valence-corrected chi connectivity index (χ3v) is 12.0. The Hall–Kier alpha value is -4.38. The second-order valence-electron chi connectivity index (χ2n) is 18.0. The second-order valence-corrected chi connectivity index (χ2v) is 19.4. The minimum atomic E-state index is -4.79. The number of unbranched alkanes of at least 4 members (excludes halogenated alkanes) is 12. The molecule has 0 aromatic rings. The second kappa shape index (κ2) is 54.9. The van der Waals surface area contributed by atoms with Crippen LogP contribution in [0.1, 0.15) is 201 Å². The molecule has 11 nitrogen and oxygen atoms in total. The van der Waals surface area contributed by atoms with E-state index in [1.54, 1.807) is 6.08 Å². The molecule has 0 aliphatic carbocycles. The van der Waals surface area contributed by atoms with Gasteiger partial charge in [0.1, 0.15) is 12.7 Å². The summed E-state index contributed by atoms with van der Waals surface area (Å²) < 4.78 is 39.3. The molecule has 0 bridgehead atoms. The first-order valence-corrected chi connectivity index (χ1v) is 29.6. The fraction of sp³-hybridized carbons (Fsp3) is 0.597. The zero-order valence-electron chi connectivity index (χ0n) is 46.0. The molecular weight excluding hydrogens is 952 g/mol. The van der Waals surface area contributed by atoms with E-state index in [1.165, 1.54) is 25.7 Å². The van der Waals surface area contributed by atoms with Crippen molar-refractivity contribution in [2.24, 2.45) is 0 Å². The number of hydrogen-bond acceptors (Lipinski definition) is 10. The maximum atomic E-state index is 12.9. The Morgan fingerprint density at radius 1 is 0.405 bits per heavy atom. The van der Waals surface area contributed by atoms with Gasteiger partial charge in [-0.25, -0.2) is 4.57 Å². The third kappa shape index (κ3) is 52.5. The number of rotatable bonds is 50. The zero-order chi connectivity index (χ0) is 54.1. The van der Waals surface area contributed by atoms with Crippen molar-refractivity contribution in [3.05, 3.63) is 134 Å². The highest BCUT2D eigenvalue weighted by atomic mass is 31.2. The van der Waals surface area contributed by atoms with Crippen molar-refractivity contribution in [3.8, 4) is 0 Å². The zero-order valence-corrected chi connectivity index (χ0v) is 46.9. The smallest absolute Gasteiger partial charge is 0.462 e. The number of ether oxygens (including phenoxy) is 3. The van der Waals surface area contributed by atoms with Crippen molar-refractivity contribution < 1.29 is 52.2 Å². The summed E-state index contributed by atoms with van der Waals surface area (Å²) in [4.78, 5) is 48.4. The molecule has 0 aliphatic rings. The van der Waals surface area contributed by atoms with Crippen molar-refractivity contribution in [3.63, 3.8) is 0 Å². The van der Waals surface area contributed by atoms with Crippen LogP contribution in [-0.4, -0.2) is 66.5 Å². The highest BCUT2D eigenvalue weighted by molar-refractivity contribution is 7.47. The molecular formula is C62H99O11P. The summed E-state index contributed by atoms with van der Waals surface area (Å²) >= 11 is 0. The average molecular weight is 1050 g/mol. The number of phosphoric acid groups is 1. The van der Waals surface area contributed by atoms with Gasteiger partial charge in [0.15, 0.2) is 6.10 Å². The average Bonchev–Trinajstić information content (AvgIpc) is 3.39. The third-order valence-electron chi connectivity index (χ3n) is 11.1. The predicted molar refractivity (Wildman–Crippen MR) is 306 cm³/mol. The Bertz CT molecular complexity index is 1750. The van der Waals surface area contributed by atoms with Crippen LogP contribution in [0.2, 0.25) is 0 Å². The summed E-state index contributed by atoms with van der Waals surface area (Å²) in [7, 11) is -4.79. The van der Waals surface area contributed by atoms with E-state index in [9.17, 15) is 28.9 Å². The van der Waals surface area contributed by atoms with Crippen LogP contribution in [0.15, 0.2) is 134 Å². The van der Waals surface area contributed by atoms with Crippen LogP contribution in [0.5, 0.6) is 0 Å². The first kappa shape index (κ1) is 69.6. The van der Waals surface area contributed by atoms with Gasteiger partial charge in [0.05, 0.1) is 26.2 Å². The molecule has 0 rings (SSSR count). The van der Waals surface area contributed by atoms with Gasteiger partial charge >= 0.3 is 25.7 Å². The Morgan fingerprint density at radius 2 is 0.757 bits per heavy atom. The Kier molecular flexibility index (Phi) is 51.6. The maximum absolute atomic E-state index is 12.9. The van der Waals surface area contributed by atoms with E-state index in [4.69, 9.17) is 23.3 Å². The summed E-state index contributed by atoms with van der Waals surface area (Å²) in [6.45, 7) is 4.22. The van der Waals surface area contributed by atoms with Crippen molar-refractivity contribution in [2.75, 3.05) is 26.4 Å². The molecule has 3 unspecified atom stereocenters. The van der Waals surface area contributed by atoms with Crippen molar-refractivity contribution in [1.29, 1.82) is 0 Å². The Morgan fingerprint density at radius 3 is 1.22 bits per heavy atom. The summed E-state index contributed by atoms with van der Waals surface area (Å²) in [6, 6.07) is 0. The lowest BCUT2D eigenvalue weighted by Gasteiger charge is -2.21. The van der Waals surface area contributed by atoms with Gasteiger partial charge in [0.2, 0.25) is 0 Å². The molecule has 12 heteroatoms. The Balaban J connectivity index is 4.90. The number of phosphoric ester groups is 1. The van der Waals surface area contributed by atoms with E-state index >= 15 is 0 Å². The summed E-state index contributed by atoms with van der Waals surface area (Å²) in [6.07, 6.45) is 68.7. The lowest BCUT2D eigenvalue weighted by atomic mass is 10.1. The SMILES string of the molecule is CC/C=C\C/C=C\C/C=C\C/C=C\C/C=C\CCCCCC(=O)OC(COC(=O)CCCCCCC/C=C\CCCCCC)COP(=O)(O)OCC(CO)OC(=O)C/C=C\C/C=C\C/C=C\C/C=C\C/C=C\CC. The van der Waals surface area contributed by atoms with Crippen molar-refractivity contribution >= 4 is 25.7 Å². The lowest BCUT2D eigenvalue weighted by Crippen LogP contribution is -2.30. The number of esters is 3. The standard InChI is InChI=1S/C62H99O11P/c1-4-7-10-13-16-19-22-25-27-28-29-30-32-35-38-41-44-47-50-53-62(66)73-59(55-69-60(64)51-48-45-42-39-36-33-24-21-18-15-12-9-6-3)57-71-74(67,68)70-56-58(54-63)72-61(65)52-49-46-43-40-37-34-31-26-23-20-17-14-11-8-5-2/h7-8,10-11,16-17,19-21,24-27,29-31,35,37-38,40,46,49,58-59,63H,4-6,9,12-15,18,22-23,28,32-34,36,39,41-45,47-48,50-57H2,1-3H3,(H,67,68)/b10-7-,11-8-,19-16-,20-17-,24-21-,27-25-,30-29-,31-26-,38-35-,40-37-,49-46-. The fourth-order valence-corrected chi connectivity index (χ4v) is 7.65. The molecule has 2 N–H and O–H groups in total. The molecule has 0 saturated carbocycles. The van der Waals surface area contributed by atoms with Crippen LogP contribution < -0.4 is 0 Å². The minimum Gasteiger partial charge on any atom is -0.462 e. The predicted octanol–water partition coefficient (Wildman–Crippen LogP) is 16.6.